The number of nitrogens with zero attached hydrogens (tertiary/aromatic N) is 1. The van der Waals surface area contributed by atoms with Crippen LogP contribution in [0.25, 0.3) is 0 Å². The summed E-state index contributed by atoms with van der Waals surface area (Å²) in [6.07, 6.45) is 4.76. The van der Waals surface area contributed by atoms with Crippen LogP contribution >= 0.6 is 0 Å². The summed E-state index contributed by atoms with van der Waals surface area (Å²) < 4.78 is 0. The Kier molecular flexibility index (Phi) is 4.53. The number of benzene rings is 1. The minimum Gasteiger partial charge on any atom is -0.478 e. The van der Waals surface area contributed by atoms with Crippen LogP contribution < -0.4 is 10.6 Å². The van der Waals surface area contributed by atoms with Crippen LogP contribution in [0.3, 0.4) is 0 Å². The number of hydrogen-bond acceptors (Lipinski definition) is 3. The number of nitrogens with two attached hydrogens (primary N) is 1. The molecule has 2 rings (SSSR count). The predicted octanol–water partition coefficient (Wildman–Crippen LogP) is 3.37. The van der Waals surface area contributed by atoms with Gasteiger partial charge in [-0.1, -0.05) is 26.7 Å². The van der Waals surface area contributed by atoms with E-state index < -0.39 is 5.97 Å². The van der Waals surface area contributed by atoms with Gasteiger partial charge in [0.1, 0.15) is 0 Å². The van der Waals surface area contributed by atoms with Crippen molar-refractivity contribution in [2.24, 2.45) is 5.92 Å². The topological polar surface area (TPSA) is 66.6 Å². The number of aromatic carboxylic acids is 1. The molecule has 1 saturated carbocycles. The number of carboxylic acids is 1. The van der Waals surface area contributed by atoms with Gasteiger partial charge in [-0.05, 0) is 37.0 Å². The van der Waals surface area contributed by atoms with E-state index in [0.29, 0.717) is 23.2 Å². The van der Waals surface area contributed by atoms with Gasteiger partial charge in [-0.2, -0.15) is 0 Å². The van der Waals surface area contributed by atoms with Gasteiger partial charge in [-0.3, -0.25) is 0 Å². The van der Waals surface area contributed by atoms with E-state index in [4.69, 9.17) is 5.73 Å². The molecule has 0 radical (unpaired) electrons. The molecule has 4 heteroatoms. The Balaban J connectivity index is 2.39. The van der Waals surface area contributed by atoms with Crippen molar-refractivity contribution >= 4 is 17.3 Å². The van der Waals surface area contributed by atoms with Crippen molar-refractivity contribution in [1.82, 2.24) is 0 Å². The highest BCUT2D eigenvalue weighted by Gasteiger charge is 2.26. The van der Waals surface area contributed by atoms with Crippen molar-refractivity contribution in [3.8, 4) is 0 Å². The molecule has 1 aromatic carbocycles. The molecule has 1 fully saturated rings. The monoisotopic (exact) mass is 276 g/mol. The van der Waals surface area contributed by atoms with Gasteiger partial charge in [0.15, 0.2) is 0 Å². The van der Waals surface area contributed by atoms with Gasteiger partial charge >= 0.3 is 5.97 Å². The van der Waals surface area contributed by atoms with Gasteiger partial charge < -0.3 is 15.7 Å². The molecule has 0 bridgehead atoms. The number of rotatable bonds is 5. The van der Waals surface area contributed by atoms with E-state index in [-0.39, 0.29) is 0 Å². The molecule has 1 aliphatic rings. The number of hydrogen-bond donors (Lipinski definition) is 2. The lowest BCUT2D eigenvalue weighted by Crippen LogP contribution is -2.37. The quantitative estimate of drug-likeness (QED) is 0.809. The molecule has 0 atom stereocenters. The van der Waals surface area contributed by atoms with E-state index in [1.165, 1.54) is 12.8 Å². The average molecular weight is 276 g/mol. The number of carbonyl (C=O) groups is 1. The van der Waals surface area contributed by atoms with Gasteiger partial charge in [0.25, 0.3) is 0 Å². The average Bonchev–Trinajstić information content (AvgIpc) is 2.89. The predicted molar refractivity (Wildman–Crippen MR) is 82.3 cm³/mol. The zero-order valence-electron chi connectivity index (χ0n) is 12.3. The van der Waals surface area contributed by atoms with Gasteiger partial charge in [-0.15, -0.1) is 0 Å². The number of carboxylic acid groups (broad SMARTS) is 1. The van der Waals surface area contributed by atoms with Crippen LogP contribution in [0.2, 0.25) is 0 Å². The number of anilines is 2. The molecule has 110 valence electrons. The maximum absolute atomic E-state index is 11.5. The standard InChI is InChI=1S/C16H24N2O2/c1-11(2)10-18(13-5-3-4-6-13)15-8-7-12(17)9-14(15)16(19)20/h7-9,11,13H,3-6,10,17H2,1-2H3,(H,19,20). The Morgan fingerprint density at radius 2 is 2.05 bits per heavy atom. The van der Waals surface area contributed by atoms with Gasteiger partial charge in [0.05, 0.1) is 11.3 Å². The fourth-order valence-corrected chi connectivity index (χ4v) is 3.03. The second-order valence-electron chi connectivity index (χ2n) is 6.07. The first kappa shape index (κ1) is 14.7. The smallest absolute Gasteiger partial charge is 0.337 e. The SMILES string of the molecule is CC(C)CN(c1ccc(N)cc1C(=O)O)C1CCCC1. The van der Waals surface area contributed by atoms with E-state index in [1.54, 1.807) is 12.1 Å². The summed E-state index contributed by atoms with van der Waals surface area (Å²) in [7, 11) is 0. The summed E-state index contributed by atoms with van der Waals surface area (Å²) >= 11 is 0. The van der Waals surface area contributed by atoms with Crippen LogP contribution in [0, 0.1) is 5.92 Å². The van der Waals surface area contributed by atoms with Crippen molar-refractivity contribution in [2.45, 2.75) is 45.6 Å². The molecule has 0 heterocycles. The third kappa shape index (κ3) is 3.24. The minimum atomic E-state index is -0.904. The van der Waals surface area contributed by atoms with Crippen LogP contribution in [0.1, 0.15) is 49.9 Å². The fourth-order valence-electron chi connectivity index (χ4n) is 3.03. The third-order valence-corrected chi connectivity index (χ3v) is 3.89. The molecule has 0 saturated heterocycles. The Hall–Kier alpha value is -1.71. The largest absolute Gasteiger partial charge is 0.478 e. The fraction of sp³-hybridized carbons (Fsp3) is 0.562. The highest BCUT2D eigenvalue weighted by atomic mass is 16.4. The Morgan fingerprint density at radius 1 is 1.40 bits per heavy atom. The Morgan fingerprint density at radius 3 is 2.60 bits per heavy atom. The van der Waals surface area contributed by atoms with Crippen LogP contribution in [0.5, 0.6) is 0 Å². The first-order valence-electron chi connectivity index (χ1n) is 7.38. The summed E-state index contributed by atoms with van der Waals surface area (Å²) in [5, 5.41) is 9.43. The van der Waals surface area contributed by atoms with Gasteiger partial charge in [0.2, 0.25) is 0 Å². The Labute approximate surface area is 120 Å². The molecule has 1 aromatic rings. The molecule has 4 nitrogen and oxygen atoms in total. The van der Waals surface area contributed by atoms with Gasteiger partial charge in [0, 0.05) is 18.3 Å². The Bertz CT molecular complexity index is 479. The highest BCUT2D eigenvalue weighted by molar-refractivity contribution is 5.95. The van der Waals surface area contributed by atoms with Crippen molar-refractivity contribution in [2.75, 3.05) is 17.2 Å². The molecule has 3 N–H and O–H groups in total. The highest BCUT2D eigenvalue weighted by Crippen LogP contribution is 2.32. The summed E-state index contributed by atoms with van der Waals surface area (Å²) in [5.74, 6) is -0.408. The molecular formula is C16H24N2O2. The van der Waals surface area contributed by atoms with Crippen molar-refractivity contribution in [1.29, 1.82) is 0 Å². The summed E-state index contributed by atoms with van der Waals surface area (Å²) in [4.78, 5) is 13.8. The molecule has 0 amide bonds. The molecule has 0 unspecified atom stereocenters. The molecule has 0 spiro atoms. The van der Waals surface area contributed by atoms with Gasteiger partial charge in [-0.25, -0.2) is 4.79 Å². The molecular weight excluding hydrogens is 252 g/mol. The number of nitrogen functional groups attached to an aromatic ring is 1. The lowest BCUT2D eigenvalue weighted by atomic mass is 10.1. The third-order valence-electron chi connectivity index (χ3n) is 3.89. The summed E-state index contributed by atoms with van der Waals surface area (Å²) in [5.41, 5.74) is 7.37. The van der Waals surface area contributed by atoms with Crippen LogP contribution in [0.15, 0.2) is 18.2 Å². The summed E-state index contributed by atoms with van der Waals surface area (Å²) in [6.45, 7) is 5.22. The van der Waals surface area contributed by atoms with Crippen molar-refractivity contribution < 1.29 is 9.90 Å². The molecule has 20 heavy (non-hydrogen) atoms. The van der Waals surface area contributed by atoms with Crippen LogP contribution in [-0.2, 0) is 0 Å². The first-order chi connectivity index (χ1) is 9.49. The summed E-state index contributed by atoms with van der Waals surface area (Å²) in [6, 6.07) is 5.68. The van der Waals surface area contributed by atoms with Crippen molar-refractivity contribution in [3.63, 3.8) is 0 Å². The zero-order chi connectivity index (χ0) is 14.7. The second-order valence-corrected chi connectivity index (χ2v) is 6.07. The maximum Gasteiger partial charge on any atom is 0.337 e. The lowest BCUT2D eigenvalue weighted by Gasteiger charge is -2.33. The zero-order valence-corrected chi connectivity index (χ0v) is 12.3. The first-order valence-corrected chi connectivity index (χ1v) is 7.38. The molecule has 1 aliphatic carbocycles. The van der Waals surface area contributed by atoms with E-state index >= 15 is 0 Å². The van der Waals surface area contributed by atoms with Crippen LogP contribution in [0.4, 0.5) is 11.4 Å². The van der Waals surface area contributed by atoms with E-state index in [0.717, 1.165) is 25.1 Å². The van der Waals surface area contributed by atoms with E-state index in [9.17, 15) is 9.90 Å². The van der Waals surface area contributed by atoms with E-state index in [2.05, 4.69) is 18.7 Å². The van der Waals surface area contributed by atoms with E-state index in [1.807, 2.05) is 6.07 Å². The lowest BCUT2D eigenvalue weighted by molar-refractivity contribution is 0.0697. The maximum atomic E-state index is 11.5. The molecule has 0 aromatic heterocycles. The molecule has 0 aliphatic heterocycles. The second kappa shape index (κ2) is 6.16. The van der Waals surface area contributed by atoms with Crippen molar-refractivity contribution in [3.05, 3.63) is 23.8 Å². The minimum absolute atomic E-state index is 0.317. The van der Waals surface area contributed by atoms with Crippen LogP contribution in [-0.4, -0.2) is 23.7 Å². The normalized spacial score (nSPS) is 15.8.